The van der Waals surface area contributed by atoms with Crippen LogP contribution in [0.3, 0.4) is 0 Å². The molecular formula is C21H19BrN4O3S3. The Bertz CT molecular complexity index is 1340. The van der Waals surface area contributed by atoms with Gasteiger partial charge in [0.1, 0.15) is 5.82 Å². The van der Waals surface area contributed by atoms with Crippen LogP contribution in [0.1, 0.15) is 16.1 Å². The highest BCUT2D eigenvalue weighted by Crippen LogP contribution is 2.30. The molecule has 0 saturated carbocycles. The van der Waals surface area contributed by atoms with Crippen LogP contribution < -0.4 is 15.4 Å². The third-order valence-corrected chi connectivity index (χ3v) is 8.33. The smallest absolute Gasteiger partial charge is 0.261 e. The third kappa shape index (κ3) is 5.47. The molecule has 0 aliphatic heterocycles. The molecule has 0 atom stereocenters. The fourth-order valence-corrected chi connectivity index (χ4v) is 6.08. The maximum atomic E-state index is 12.8. The van der Waals surface area contributed by atoms with Crippen molar-refractivity contribution in [2.75, 3.05) is 23.1 Å². The van der Waals surface area contributed by atoms with Gasteiger partial charge in [0.05, 0.1) is 18.3 Å². The molecule has 32 heavy (non-hydrogen) atoms. The first kappa shape index (κ1) is 22.7. The number of benzene rings is 2. The Morgan fingerprint density at radius 3 is 2.59 bits per heavy atom. The average Bonchev–Trinajstić information content (AvgIpc) is 3.39. The Kier molecular flexibility index (Phi) is 7.09. The number of aromatic nitrogens is 1. The van der Waals surface area contributed by atoms with E-state index in [4.69, 9.17) is 0 Å². The van der Waals surface area contributed by atoms with E-state index >= 15 is 0 Å². The van der Waals surface area contributed by atoms with Crippen molar-refractivity contribution in [2.45, 2.75) is 11.3 Å². The van der Waals surface area contributed by atoms with Crippen LogP contribution in [0.5, 0.6) is 0 Å². The lowest BCUT2D eigenvalue weighted by atomic mass is 10.2. The summed E-state index contributed by atoms with van der Waals surface area (Å²) in [6.45, 7) is 1.11. The van der Waals surface area contributed by atoms with Crippen LogP contribution in [0.2, 0.25) is 0 Å². The fourth-order valence-electron chi connectivity index (χ4n) is 2.95. The molecule has 0 fully saturated rings. The van der Waals surface area contributed by atoms with Gasteiger partial charge in [-0.15, -0.1) is 11.3 Å². The Morgan fingerprint density at radius 2 is 1.84 bits per heavy atom. The van der Waals surface area contributed by atoms with Gasteiger partial charge >= 0.3 is 0 Å². The van der Waals surface area contributed by atoms with Crippen molar-refractivity contribution in [3.8, 4) is 0 Å². The quantitative estimate of drug-likeness (QED) is 0.250. The van der Waals surface area contributed by atoms with E-state index in [1.165, 1.54) is 22.9 Å². The zero-order valence-electron chi connectivity index (χ0n) is 16.7. The van der Waals surface area contributed by atoms with Gasteiger partial charge in [0.15, 0.2) is 0 Å². The maximum absolute atomic E-state index is 12.8. The third-order valence-electron chi connectivity index (χ3n) is 4.51. The highest BCUT2D eigenvalue weighted by molar-refractivity contribution is 9.11. The second kappa shape index (κ2) is 9.99. The summed E-state index contributed by atoms with van der Waals surface area (Å²) in [5, 5.41) is 6.88. The van der Waals surface area contributed by atoms with Gasteiger partial charge in [-0.05, 0) is 76.3 Å². The number of nitrogens with zero attached hydrogens (tertiary/aromatic N) is 1. The molecule has 0 radical (unpaired) electrons. The predicted octanol–water partition coefficient (Wildman–Crippen LogP) is 5.15. The first-order valence-corrected chi connectivity index (χ1v) is 13.5. The normalized spacial score (nSPS) is 11.4. The molecule has 0 spiro atoms. The topological polar surface area (TPSA) is 100 Å². The Labute approximate surface area is 202 Å². The number of carbonyl (C=O) groups excluding carboxylic acids is 1. The molecule has 166 valence electrons. The number of rotatable bonds is 9. The van der Waals surface area contributed by atoms with Crippen molar-refractivity contribution >= 4 is 76.3 Å². The van der Waals surface area contributed by atoms with E-state index in [0.717, 1.165) is 13.9 Å². The average molecular weight is 552 g/mol. The second-order valence-electron chi connectivity index (χ2n) is 6.80. The minimum atomic E-state index is -3.71. The first-order chi connectivity index (χ1) is 15.4. The lowest BCUT2D eigenvalue weighted by Gasteiger charge is -2.09. The summed E-state index contributed by atoms with van der Waals surface area (Å²) in [6, 6.07) is 17.4. The number of carbonyl (C=O) groups is 1. The molecule has 0 bridgehead atoms. The Morgan fingerprint density at radius 1 is 1.03 bits per heavy atom. The Balaban J connectivity index is 1.37. The second-order valence-corrected chi connectivity index (χ2v) is 11.8. The van der Waals surface area contributed by atoms with E-state index < -0.39 is 10.0 Å². The van der Waals surface area contributed by atoms with Gasteiger partial charge < -0.3 is 10.6 Å². The van der Waals surface area contributed by atoms with E-state index in [1.807, 2.05) is 12.1 Å². The van der Waals surface area contributed by atoms with Crippen molar-refractivity contribution in [3.63, 3.8) is 0 Å². The van der Waals surface area contributed by atoms with Crippen molar-refractivity contribution in [1.82, 2.24) is 9.69 Å². The van der Waals surface area contributed by atoms with Gasteiger partial charge in [0.25, 0.3) is 15.9 Å². The van der Waals surface area contributed by atoms with Crippen LogP contribution in [-0.2, 0) is 10.0 Å². The molecule has 2 aromatic heterocycles. The van der Waals surface area contributed by atoms with Crippen LogP contribution in [0.25, 0.3) is 10.1 Å². The number of thiophene rings is 1. The van der Waals surface area contributed by atoms with Crippen molar-refractivity contribution in [3.05, 3.63) is 69.3 Å². The number of nitrogens with one attached hydrogen (secondary N) is 3. The molecule has 4 rings (SSSR count). The molecule has 2 aromatic carbocycles. The summed E-state index contributed by atoms with van der Waals surface area (Å²) in [6.07, 6.45) is 0.699. The van der Waals surface area contributed by atoms with E-state index in [0.29, 0.717) is 35.9 Å². The van der Waals surface area contributed by atoms with E-state index in [2.05, 4.69) is 35.7 Å². The minimum Gasteiger partial charge on any atom is -0.369 e. The summed E-state index contributed by atoms with van der Waals surface area (Å²) < 4.78 is 34.3. The van der Waals surface area contributed by atoms with Gasteiger partial charge in [-0.3, -0.25) is 9.52 Å². The zero-order chi connectivity index (χ0) is 22.6. The summed E-state index contributed by atoms with van der Waals surface area (Å²) in [7, 11) is -3.71. The maximum Gasteiger partial charge on any atom is 0.261 e. The number of amides is 1. The standard InChI is InChI=1S/C21H19BrN4O3S3/c22-19-10-9-18(30-19)21(27)24-12-4-11-23-20-16-13-15(7-8-17(16)31-25-20)32(28,29)26-14-5-2-1-3-6-14/h1-3,5-10,13,26H,4,11-12H2,(H,23,25)(H,24,27). The Hall–Kier alpha value is -2.47. The highest BCUT2D eigenvalue weighted by Gasteiger charge is 2.17. The summed E-state index contributed by atoms with van der Waals surface area (Å²) in [5.41, 5.74) is 0.506. The molecule has 0 saturated heterocycles. The summed E-state index contributed by atoms with van der Waals surface area (Å²) in [5.74, 6) is 0.538. The molecule has 0 aliphatic carbocycles. The van der Waals surface area contributed by atoms with Gasteiger partial charge in [0.2, 0.25) is 0 Å². The molecule has 0 aliphatic rings. The number of para-hydroxylation sites is 1. The van der Waals surface area contributed by atoms with Crippen LogP contribution in [0.15, 0.2) is 69.3 Å². The number of hydrogen-bond acceptors (Lipinski definition) is 7. The van der Waals surface area contributed by atoms with Gasteiger partial charge in [0, 0.05) is 24.2 Å². The molecule has 11 heteroatoms. The van der Waals surface area contributed by atoms with Crippen molar-refractivity contribution in [2.24, 2.45) is 0 Å². The van der Waals surface area contributed by atoms with Crippen LogP contribution in [0.4, 0.5) is 11.5 Å². The largest absolute Gasteiger partial charge is 0.369 e. The highest BCUT2D eigenvalue weighted by atomic mass is 79.9. The van der Waals surface area contributed by atoms with Crippen LogP contribution >= 0.6 is 38.8 Å². The number of fused-ring (bicyclic) bond motifs is 1. The summed E-state index contributed by atoms with van der Waals surface area (Å²) >= 11 is 6.04. The number of hydrogen-bond donors (Lipinski definition) is 3. The van der Waals surface area contributed by atoms with E-state index in [9.17, 15) is 13.2 Å². The van der Waals surface area contributed by atoms with Crippen LogP contribution in [0, 0.1) is 0 Å². The van der Waals surface area contributed by atoms with Gasteiger partial charge in [-0.1, -0.05) is 18.2 Å². The summed E-state index contributed by atoms with van der Waals surface area (Å²) in [4.78, 5) is 12.9. The SMILES string of the molecule is O=C(NCCCNc1nsc2ccc(S(=O)(=O)Nc3ccccc3)cc12)c1ccc(Br)s1. The minimum absolute atomic E-state index is 0.0967. The molecular weight excluding hydrogens is 532 g/mol. The molecule has 3 N–H and O–H groups in total. The number of halogens is 1. The van der Waals surface area contributed by atoms with Crippen molar-refractivity contribution in [1.29, 1.82) is 0 Å². The van der Waals surface area contributed by atoms with Gasteiger partial charge in [-0.2, -0.15) is 4.37 Å². The molecule has 4 aromatic rings. The van der Waals surface area contributed by atoms with E-state index in [1.54, 1.807) is 48.5 Å². The van der Waals surface area contributed by atoms with Crippen molar-refractivity contribution < 1.29 is 13.2 Å². The predicted molar refractivity (Wildman–Crippen MR) is 134 cm³/mol. The number of sulfonamides is 1. The molecule has 2 heterocycles. The van der Waals surface area contributed by atoms with E-state index in [-0.39, 0.29) is 10.8 Å². The number of anilines is 2. The zero-order valence-corrected chi connectivity index (χ0v) is 20.7. The first-order valence-electron chi connectivity index (χ1n) is 9.67. The fraction of sp³-hybridized carbons (Fsp3) is 0.143. The van der Waals surface area contributed by atoms with Gasteiger partial charge in [-0.25, -0.2) is 8.42 Å². The van der Waals surface area contributed by atoms with Crippen LogP contribution in [-0.4, -0.2) is 31.8 Å². The lowest BCUT2D eigenvalue weighted by molar-refractivity contribution is 0.0957. The monoisotopic (exact) mass is 550 g/mol. The molecule has 1 amide bonds. The molecule has 0 unspecified atom stereocenters. The lowest BCUT2D eigenvalue weighted by Crippen LogP contribution is -2.25. The molecule has 7 nitrogen and oxygen atoms in total.